The molecule has 1 heterocycles. The summed E-state index contributed by atoms with van der Waals surface area (Å²) in [6, 6.07) is 6.81. The number of anilines is 1. The second-order valence-electron chi connectivity index (χ2n) is 4.55. The molecule has 0 saturated carbocycles. The van der Waals surface area contributed by atoms with E-state index in [1.807, 2.05) is 0 Å². The van der Waals surface area contributed by atoms with Gasteiger partial charge < -0.3 is 10.1 Å². The fourth-order valence-corrected chi connectivity index (χ4v) is 3.20. The topological polar surface area (TPSA) is 98.2 Å². The third-order valence-corrected chi connectivity index (χ3v) is 5.28. The first-order valence-corrected chi connectivity index (χ1v) is 10.4. The van der Waals surface area contributed by atoms with E-state index in [-0.39, 0.29) is 24.0 Å². The molecule has 1 aromatic carbocycles. The van der Waals surface area contributed by atoms with E-state index in [0.29, 0.717) is 11.4 Å². The van der Waals surface area contributed by atoms with E-state index in [0.717, 1.165) is 10.6 Å². The molecule has 0 fully saturated rings. The number of carbonyl (C=O) groups is 1. The highest BCUT2D eigenvalue weighted by Crippen LogP contribution is 2.20. The van der Waals surface area contributed by atoms with Gasteiger partial charge in [-0.25, -0.2) is 8.42 Å². The standard InChI is InChI=1S/C13H15N3O4S3/c1-23(18,19)6-5-20-11-4-2-3-10(7-11)15-12(17)8-21-13-16-14-9-22-13/h2-4,7,9H,5-6,8H2,1H3,(H,15,17). The van der Waals surface area contributed by atoms with Gasteiger partial charge in [-0.2, -0.15) is 0 Å². The summed E-state index contributed by atoms with van der Waals surface area (Å²) in [4.78, 5) is 11.9. The number of nitrogens with one attached hydrogen (secondary N) is 1. The second-order valence-corrected chi connectivity index (χ2v) is 8.86. The van der Waals surface area contributed by atoms with Crippen LogP contribution in [0.4, 0.5) is 5.69 Å². The minimum absolute atomic E-state index is 0.0535. The van der Waals surface area contributed by atoms with Crippen molar-refractivity contribution >= 4 is 44.5 Å². The summed E-state index contributed by atoms with van der Waals surface area (Å²) in [5.41, 5.74) is 2.20. The van der Waals surface area contributed by atoms with Gasteiger partial charge >= 0.3 is 0 Å². The van der Waals surface area contributed by atoms with Gasteiger partial charge in [-0.3, -0.25) is 4.79 Å². The third-order valence-electron chi connectivity index (χ3n) is 2.51. The van der Waals surface area contributed by atoms with Crippen LogP contribution in [0.2, 0.25) is 0 Å². The maximum Gasteiger partial charge on any atom is 0.234 e. The fourth-order valence-electron chi connectivity index (χ4n) is 1.52. The molecule has 0 aliphatic carbocycles. The van der Waals surface area contributed by atoms with Crippen molar-refractivity contribution in [3.05, 3.63) is 29.8 Å². The number of rotatable bonds is 8. The van der Waals surface area contributed by atoms with E-state index in [9.17, 15) is 13.2 Å². The normalized spacial score (nSPS) is 11.2. The number of nitrogens with zero attached hydrogens (tertiary/aromatic N) is 2. The molecule has 0 unspecified atom stereocenters. The molecule has 1 aromatic heterocycles. The Labute approximate surface area is 142 Å². The molecule has 1 N–H and O–H groups in total. The van der Waals surface area contributed by atoms with Crippen molar-refractivity contribution in [2.45, 2.75) is 4.34 Å². The van der Waals surface area contributed by atoms with Crippen LogP contribution in [0.25, 0.3) is 0 Å². The number of amides is 1. The van der Waals surface area contributed by atoms with Crippen molar-refractivity contribution in [2.24, 2.45) is 0 Å². The zero-order chi connectivity index (χ0) is 16.7. The summed E-state index contributed by atoms with van der Waals surface area (Å²) < 4.78 is 28.2. The van der Waals surface area contributed by atoms with Crippen LogP contribution in [0.1, 0.15) is 0 Å². The van der Waals surface area contributed by atoms with Gasteiger partial charge in [-0.15, -0.1) is 10.2 Å². The lowest BCUT2D eigenvalue weighted by Gasteiger charge is -2.08. The first kappa shape index (κ1) is 17.7. The molecule has 7 nitrogen and oxygen atoms in total. The quantitative estimate of drug-likeness (QED) is 0.703. The zero-order valence-corrected chi connectivity index (χ0v) is 14.7. The predicted molar refractivity (Wildman–Crippen MR) is 90.9 cm³/mol. The highest BCUT2D eigenvalue weighted by molar-refractivity contribution is 8.01. The molecule has 2 rings (SSSR count). The molecule has 124 valence electrons. The average Bonchev–Trinajstić information content (AvgIpc) is 2.97. The van der Waals surface area contributed by atoms with Crippen molar-refractivity contribution < 1.29 is 17.9 Å². The average molecular weight is 373 g/mol. The Balaban J connectivity index is 1.83. The molecular formula is C13H15N3O4S3. The summed E-state index contributed by atoms with van der Waals surface area (Å²) in [5, 5.41) is 10.3. The van der Waals surface area contributed by atoms with Crippen molar-refractivity contribution in [3.63, 3.8) is 0 Å². The SMILES string of the molecule is CS(=O)(=O)CCOc1cccc(NC(=O)CSc2nncs2)c1. The van der Waals surface area contributed by atoms with Gasteiger partial charge in [0.2, 0.25) is 5.91 Å². The van der Waals surface area contributed by atoms with Gasteiger partial charge in [0.15, 0.2) is 14.2 Å². The Morgan fingerprint density at radius 2 is 2.26 bits per heavy atom. The molecule has 10 heteroatoms. The number of hydrogen-bond acceptors (Lipinski definition) is 8. The van der Waals surface area contributed by atoms with E-state index in [4.69, 9.17) is 4.74 Å². The number of carbonyl (C=O) groups excluding carboxylic acids is 1. The van der Waals surface area contributed by atoms with Gasteiger partial charge in [-0.05, 0) is 12.1 Å². The van der Waals surface area contributed by atoms with Crippen LogP contribution in [0.5, 0.6) is 5.75 Å². The summed E-state index contributed by atoms with van der Waals surface area (Å²) in [6.07, 6.45) is 1.16. The summed E-state index contributed by atoms with van der Waals surface area (Å²) in [5.74, 6) is 0.512. The molecule has 0 bridgehead atoms. The smallest absolute Gasteiger partial charge is 0.234 e. The molecule has 2 aromatic rings. The Kier molecular flexibility index (Phi) is 6.37. The Morgan fingerprint density at radius 1 is 1.43 bits per heavy atom. The largest absolute Gasteiger partial charge is 0.492 e. The molecule has 23 heavy (non-hydrogen) atoms. The highest BCUT2D eigenvalue weighted by atomic mass is 32.2. The first-order valence-electron chi connectivity index (χ1n) is 6.52. The Hall–Kier alpha value is -1.65. The Morgan fingerprint density at radius 3 is 2.96 bits per heavy atom. The summed E-state index contributed by atoms with van der Waals surface area (Å²) in [7, 11) is -3.06. The van der Waals surface area contributed by atoms with Crippen LogP contribution < -0.4 is 10.1 Å². The van der Waals surface area contributed by atoms with Crippen LogP contribution in [0.15, 0.2) is 34.1 Å². The lowest BCUT2D eigenvalue weighted by molar-refractivity contribution is -0.113. The molecule has 0 aliphatic heterocycles. The molecule has 1 amide bonds. The third kappa shape index (κ3) is 6.97. The first-order chi connectivity index (χ1) is 10.9. The second kappa shape index (κ2) is 8.27. The zero-order valence-electron chi connectivity index (χ0n) is 12.3. The predicted octanol–water partition coefficient (Wildman–Crippen LogP) is 1.69. The number of sulfone groups is 1. The van der Waals surface area contributed by atoms with Gasteiger partial charge in [0.25, 0.3) is 0 Å². The number of hydrogen-bond donors (Lipinski definition) is 1. The van der Waals surface area contributed by atoms with Crippen molar-refractivity contribution in [1.82, 2.24) is 10.2 Å². The van der Waals surface area contributed by atoms with Gasteiger partial charge in [0, 0.05) is 18.0 Å². The Bertz CT molecular complexity index is 748. The molecule has 0 atom stereocenters. The molecule has 0 radical (unpaired) electrons. The number of aromatic nitrogens is 2. The summed E-state index contributed by atoms with van der Waals surface area (Å²) in [6.45, 7) is 0.0726. The molecule has 0 saturated heterocycles. The van der Waals surface area contributed by atoms with Crippen LogP contribution in [-0.4, -0.2) is 48.9 Å². The van der Waals surface area contributed by atoms with Gasteiger partial charge in [0.1, 0.15) is 17.9 Å². The molecule has 0 aliphatic rings. The molecule has 0 spiro atoms. The number of ether oxygens (including phenoxy) is 1. The van der Waals surface area contributed by atoms with Crippen LogP contribution in [0.3, 0.4) is 0 Å². The maximum atomic E-state index is 11.9. The van der Waals surface area contributed by atoms with E-state index < -0.39 is 9.84 Å². The molecular weight excluding hydrogens is 358 g/mol. The summed E-state index contributed by atoms with van der Waals surface area (Å²) >= 11 is 2.69. The van der Waals surface area contributed by atoms with Crippen LogP contribution >= 0.6 is 23.1 Å². The van der Waals surface area contributed by atoms with Gasteiger partial charge in [-0.1, -0.05) is 29.2 Å². The van der Waals surface area contributed by atoms with E-state index in [1.54, 1.807) is 29.8 Å². The highest BCUT2D eigenvalue weighted by Gasteiger charge is 2.07. The number of thioether (sulfide) groups is 1. The van der Waals surface area contributed by atoms with Crippen LogP contribution in [-0.2, 0) is 14.6 Å². The lowest BCUT2D eigenvalue weighted by Crippen LogP contribution is -2.14. The van der Waals surface area contributed by atoms with E-state index >= 15 is 0 Å². The van der Waals surface area contributed by atoms with Crippen LogP contribution in [0, 0.1) is 0 Å². The fraction of sp³-hybridized carbons (Fsp3) is 0.308. The minimum Gasteiger partial charge on any atom is -0.492 e. The van der Waals surface area contributed by atoms with Crippen molar-refractivity contribution in [2.75, 3.05) is 29.7 Å². The maximum absolute atomic E-state index is 11.9. The van der Waals surface area contributed by atoms with Crippen molar-refractivity contribution in [1.29, 1.82) is 0 Å². The van der Waals surface area contributed by atoms with Crippen molar-refractivity contribution in [3.8, 4) is 5.75 Å². The number of benzene rings is 1. The monoisotopic (exact) mass is 373 g/mol. The van der Waals surface area contributed by atoms with E-state index in [2.05, 4.69) is 15.5 Å². The lowest BCUT2D eigenvalue weighted by atomic mass is 10.3. The minimum atomic E-state index is -3.06. The van der Waals surface area contributed by atoms with Gasteiger partial charge in [0.05, 0.1) is 11.5 Å². The van der Waals surface area contributed by atoms with E-state index in [1.165, 1.54) is 23.1 Å².